The third-order valence-corrected chi connectivity index (χ3v) is 4.53. The van der Waals surface area contributed by atoms with Crippen molar-refractivity contribution in [2.75, 3.05) is 17.6 Å². The van der Waals surface area contributed by atoms with Crippen LogP contribution >= 0.6 is 0 Å². The third-order valence-electron chi connectivity index (χ3n) is 3.33. The Bertz CT molecular complexity index is 582. The minimum Gasteiger partial charge on any atom is -0.349 e. The number of rotatable bonds is 5. The highest BCUT2D eigenvalue weighted by molar-refractivity contribution is 7.92. The highest BCUT2D eigenvalue weighted by atomic mass is 32.2. The SMILES string of the molecule is CC(C)[C@@H](C)NC(=O)c1cccc(N(C)S(C)(=O)=O)c1. The van der Waals surface area contributed by atoms with Gasteiger partial charge in [-0.25, -0.2) is 8.42 Å². The molecule has 0 heterocycles. The van der Waals surface area contributed by atoms with Crippen LogP contribution in [0.3, 0.4) is 0 Å². The molecule has 1 rings (SSSR count). The molecule has 0 aromatic heterocycles. The van der Waals surface area contributed by atoms with E-state index in [1.54, 1.807) is 24.3 Å². The number of amides is 1. The molecule has 0 spiro atoms. The zero-order valence-corrected chi connectivity index (χ0v) is 13.4. The normalized spacial score (nSPS) is 13.1. The average molecular weight is 298 g/mol. The minimum atomic E-state index is -3.33. The molecule has 5 nitrogen and oxygen atoms in total. The van der Waals surface area contributed by atoms with Gasteiger partial charge in [0.2, 0.25) is 10.0 Å². The van der Waals surface area contributed by atoms with Crippen molar-refractivity contribution < 1.29 is 13.2 Å². The first-order valence-corrected chi connectivity index (χ1v) is 8.32. The number of hydrogen-bond acceptors (Lipinski definition) is 3. The summed E-state index contributed by atoms with van der Waals surface area (Å²) in [6.07, 6.45) is 1.13. The van der Waals surface area contributed by atoms with Gasteiger partial charge >= 0.3 is 0 Å². The number of nitrogens with zero attached hydrogens (tertiary/aromatic N) is 1. The summed E-state index contributed by atoms with van der Waals surface area (Å²) in [4.78, 5) is 12.1. The van der Waals surface area contributed by atoms with Gasteiger partial charge in [0.15, 0.2) is 0 Å². The van der Waals surface area contributed by atoms with Crippen molar-refractivity contribution in [3.8, 4) is 0 Å². The molecule has 20 heavy (non-hydrogen) atoms. The fraction of sp³-hybridized carbons (Fsp3) is 0.500. The summed E-state index contributed by atoms with van der Waals surface area (Å²) in [6.45, 7) is 5.99. The number of carbonyl (C=O) groups excluding carboxylic acids is 1. The van der Waals surface area contributed by atoms with E-state index >= 15 is 0 Å². The van der Waals surface area contributed by atoms with Gasteiger partial charge in [0.1, 0.15) is 0 Å². The molecule has 1 aromatic carbocycles. The Balaban J connectivity index is 2.96. The Kier molecular flexibility index (Phi) is 5.16. The average Bonchev–Trinajstić information content (AvgIpc) is 2.36. The van der Waals surface area contributed by atoms with Gasteiger partial charge < -0.3 is 5.32 Å². The van der Waals surface area contributed by atoms with E-state index in [1.165, 1.54) is 7.05 Å². The van der Waals surface area contributed by atoms with Crippen molar-refractivity contribution in [3.05, 3.63) is 29.8 Å². The molecule has 1 N–H and O–H groups in total. The van der Waals surface area contributed by atoms with Gasteiger partial charge in [-0.3, -0.25) is 9.10 Å². The Morgan fingerprint density at radius 2 is 1.85 bits per heavy atom. The number of sulfonamides is 1. The zero-order valence-electron chi connectivity index (χ0n) is 12.5. The summed E-state index contributed by atoms with van der Waals surface area (Å²) in [7, 11) is -1.87. The van der Waals surface area contributed by atoms with E-state index < -0.39 is 10.0 Å². The van der Waals surface area contributed by atoms with E-state index in [-0.39, 0.29) is 11.9 Å². The van der Waals surface area contributed by atoms with Crippen LogP contribution in [0.15, 0.2) is 24.3 Å². The van der Waals surface area contributed by atoms with E-state index in [0.717, 1.165) is 10.6 Å². The lowest BCUT2D eigenvalue weighted by atomic mass is 10.1. The number of benzene rings is 1. The summed E-state index contributed by atoms with van der Waals surface area (Å²) in [5, 5.41) is 2.89. The molecule has 0 aliphatic heterocycles. The summed E-state index contributed by atoms with van der Waals surface area (Å²) >= 11 is 0. The Morgan fingerprint density at radius 3 is 2.35 bits per heavy atom. The Morgan fingerprint density at radius 1 is 1.25 bits per heavy atom. The van der Waals surface area contributed by atoms with Crippen LogP contribution in [0, 0.1) is 5.92 Å². The molecule has 0 unspecified atom stereocenters. The predicted molar refractivity (Wildman–Crippen MR) is 81.5 cm³/mol. The quantitative estimate of drug-likeness (QED) is 0.902. The summed E-state index contributed by atoms with van der Waals surface area (Å²) < 4.78 is 24.2. The second-order valence-electron chi connectivity index (χ2n) is 5.29. The maximum Gasteiger partial charge on any atom is 0.251 e. The van der Waals surface area contributed by atoms with E-state index in [9.17, 15) is 13.2 Å². The van der Waals surface area contributed by atoms with Crippen molar-refractivity contribution in [2.45, 2.75) is 26.8 Å². The van der Waals surface area contributed by atoms with Crippen LogP contribution in [0.4, 0.5) is 5.69 Å². The van der Waals surface area contributed by atoms with Crippen LogP contribution in [-0.2, 0) is 10.0 Å². The molecule has 0 bridgehead atoms. The molecular formula is C14H22N2O3S. The lowest BCUT2D eigenvalue weighted by Crippen LogP contribution is -2.36. The number of nitrogens with one attached hydrogen (secondary N) is 1. The molecule has 0 saturated carbocycles. The number of hydrogen-bond donors (Lipinski definition) is 1. The fourth-order valence-electron chi connectivity index (χ4n) is 1.49. The molecule has 0 aliphatic carbocycles. The van der Waals surface area contributed by atoms with Crippen LogP contribution < -0.4 is 9.62 Å². The molecule has 0 saturated heterocycles. The predicted octanol–water partition coefficient (Wildman–Crippen LogP) is 1.86. The number of anilines is 1. The van der Waals surface area contributed by atoms with Gasteiger partial charge in [-0.1, -0.05) is 19.9 Å². The van der Waals surface area contributed by atoms with E-state index in [4.69, 9.17) is 0 Å². The number of carbonyl (C=O) groups is 1. The molecule has 6 heteroatoms. The molecule has 0 aliphatic rings. The second kappa shape index (κ2) is 6.26. The van der Waals surface area contributed by atoms with Gasteiger partial charge in [0.25, 0.3) is 5.91 Å². The fourth-order valence-corrected chi connectivity index (χ4v) is 1.99. The molecule has 0 fully saturated rings. The first-order chi connectivity index (χ1) is 9.12. The first kappa shape index (κ1) is 16.5. The standard InChI is InChI=1S/C14H22N2O3S/c1-10(2)11(3)15-14(17)12-7-6-8-13(9-12)16(4)20(5,18)19/h6-11H,1-5H3,(H,15,17)/t11-/m1/s1. The summed E-state index contributed by atoms with van der Waals surface area (Å²) in [5.41, 5.74) is 0.919. The van der Waals surface area contributed by atoms with Gasteiger partial charge in [0.05, 0.1) is 11.9 Å². The van der Waals surface area contributed by atoms with E-state index in [2.05, 4.69) is 5.32 Å². The Hall–Kier alpha value is -1.56. The second-order valence-corrected chi connectivity index (χ2v) is 7.30. The molecular weight excluding hydrogens is 276 g/mol. The van der Waals surface area contributed by atoms with Crippen LogP contribution in [-0.4, -0.2) is 33.7 Å². The van der Waals surface area contributed by atoms with E-state index in [0.29, 0.717) is 17.2 Å². The van der Waals surface area contributed by atoms with E-state index in [1.807, 2.05) is 20.8 Å². The highest BCUT2D eigenvalue weighted by Crippen LogP contribution is 2.17. The van der Waals surface area contributed by atoms with Crippen LogP contribution in [0.5, 0.6) is 0 Å². The third kappa shape index (κ3) is 4.23. The van der Waals surface area contributed by atoms with Crippen molar-refractivity contribution >= 4 is 21.6 Å². The van der Waals surface area contributed by atoms with Crippen molar-refractivity contribution in [1.29, 1.82) is 0 Å². The lowest BCUT2D eigenvalue weighted by molar-refractivity contribution is 0.0930. The monoisotopic (exact) mass is 298 g/mol. The lowest BCUT2D eigenvalue weighted by Gasteiger charge is -2.19. The smallest absolute Gasteiger partial charge is 0.251 e. The molecule has 0 radical (unpaired) electrons. The van der Waals surface area contributed by atoms with Gasteiger partial charge in [0, 0.05) is 18.7 Å². The van der Waals surface area contributed by atoms with Gasteiger partial charge in [-0.15, -0.1) is 0 Å². The van der Waals surface area contributed by atoms with Crippen LogP contribution in [0.25, 0.3) is 0 Å². The van der Waals surface area contributed by atoms with Crippen LogP contribution in [0.2, 0.25) is 0 Å². The first-order valence-electron chi connectivity index (χ1n) is 6.47. The molecule has 112 valence electrons. The minimum absolute atomic E-state index is 0.0544. The molecule has 1 aromatic rings. The maximum absolute atomic E-state index is 12.1. The zero-order chi connectivity index (χ0) is 15.5. The summed E-state index contributed by atoms with van der Waals surface area (Å²) in [6, 6.07) is 6.62. The van der Waals surface area contributed by atoms with Crippen molar-refractivity contribution in [1.82, 2.24) is 5.32 Å². The van der Waals surface area contributed by atoms with Gasteiger partial charge in [-0.05, 0) is 31.0 Å². The Labute approximate surface area is 121 Å². The topological polar surface area (TPSA) is 66.5 Å². The van der Waals surface area contributed by atoms with Gasteiger partial charge in [-0.2, -0.15) is 0 Å². The van der Waals surface area contributed by atoms with Crippen LogP contribution in [0.1, 0.15) is 31.1 Å². The van der Waals surface area contributed by atoms with Crippen molar-refractivity contribution in [3.63, 3.8) is 0 Å². The summed E-state index contributed by atoms with van der Waals surface area (Å²) in [5.74, 6) is 0.135. The highest BCUT2D eigenvalue weighted by Gasteiger charge is 2.16. The molecule has 1 amide bonds. The maximum atomic E-state index is 12.1. The van der Waals surface area contributed by atoms with Crippen molar-refractivity contribution in [2.24, 2.45) is 5.92 Å². The molecule has 1 atom stereocenters. The largest absolute Gasteiger partial charge is 0.349 e.